The van der Waals surface area contributed by atoms with Gasteiger partial charge in [0.25, 0.3) is 0 Å². The van der Waals surface area contributed by atoms with E-state index in [1.54, 1.807) is 69.9 Å². The lowest BCUT2D eigenvalue weighted by atomic mass is 9.77. The van der Waals surface area contributed by atoms with Crippen LogP contribution in [0, 0.1) is 5.92 Å². The number of imide groups is 1. The summed E-state index contributed by atoms with van der Waals surface area (Å²) in [4.78, 5) is 42.9. The third-order valence-electron chi connectivity index (χ3n) is 6.56. The van der Waals surface area contributed by atoms with Crippen LogP contribution in [0.2, 0.25) is 0 Å². The van der Waals surface area contributed by atoms with Crippen molar-refractivity contribution in [3.63, 3.8) is 0 Å². The summed E-state index contributed by atoms with van der Waals surface area (Å²) in [5.74, 6) is -0.346. The smallest absolute Gasteiger partial charge is 0.332 e. The van der Waals surface area contributed by atoms with Crippen molar-refractivity contribution in [2.45, 2.75) is 31.1 Å². The number of benzene rings is 2. The number of methoxy groups -OCH3 is 3. The Hall–Kier alpha value is -3.23. The molecule has 2 aliphatic rings. The maximum absolute atomic E-state index is 13.6. The van der Waals surface area contributed by atoms with Crippen molar-refractivity contribution in [3.8, 4) is 5.75 Å². The first-order chi connectivity index (χ1) is 16.0. The molecule has 4 atom stereocenters. The third kappa shape index (κ3) is 4.36. The highest BCUT2D eigenvalue weighted by Crippen LogP contribution is 2.38. The highest BCUT2D eigenvalue weighted by atomic mass is 16.5. The Labute approximate surface area is 193 Å². The molecule has 2 aromatic carbocycles. The molecule has 4 unspecified atom stereocenters. The van der Waals surface area contributed by atoms with Crippen molar-refractivity contribution >= 4 is 23.4 Å². The van der Waals surface area contributed by atoms with E-state index in [1.165, 1.54) is 9.80 Å². The van der Waals surface area contributed by atoms with E-state index < -0.39 is 18.0 Å². The maximum Gasteiger partial charge on any atom is 0.332 e. The zero-order valence-electron chi connectivity index (χ0n) is 19.0. The van der Waals surface area contributed by atoms with Crippen LogP contribution in [0.25, 0.3) is 0 Å². The molecule has 8 nitrogen and oxygen atoms in total. The molecule has 4 rings (SSSR count). The number of hydrogen-bond acceptors (Lipinski definition) is 6. The zero-order valence-corrected chi connectivity index (χ0v) is 19.0. The minimum Gasteiger partial charge on any atom is -0.497 e. The van der Waals surface area contributed by atoms with E-state index in [1.807, 2.05) is 6.07 Å². The fraction of sp³-hybridized carbons (Fsp3) is 0.400. The number of anilines is 1. The molecule has 2 aromatic rings. The third-order valence-corrected chi connectivity index (χ3v) is 6.56. The van der Waals surface area contributed by atoms with Crippen LogP contribution in [-0.4, -0.2) is 68.7 Å². The Morgan fingerprint density at radius 3 is 2.15 bits per heavy atom. The molecule has 174 valence electrons. The number of Topliss-reactive ketones (excluding diaryl/α,β-unsaturated/α-hetero) is 1. The fourth-order valence-electron chi connectivity index (χ4n) is 4.77. The SMILES string of the molecule is COc1ccc(C(=O)CN2C(=O)N(c3ccccc3)C(=O)C3CC(OC)C(OC)CC32)cc1. The summed E-state index contributed by atoms with van der Waals surface area (Å²) in [6, 6.07) is 14.6. The van der Waals surface area contributed by atoms with Gasteiger partial charge in [-0.2, -0.15) is 0 Å². The summed E-state index contributed by atoms with van der Waals surface area (Å²) < 4.78 is 16.4. The van der Waals surface area contributed by atoms with Gasteiger partial charge in [0.1, 0.15) is 5.75 Å². The lowest BCUT2D eigenvalue weighted by Crippen LogP contribution is -2.66. The highest BCUT2D eigenvalue weighted by Gasteiger charge is 2.52. The van der Waals surface area contributed by atoms with Crippen LogP contribution in [0.3, 0.4) is 0 Å². The maximum atomic E-state index is 13.6. The number of carbonyl (C=O) groups excluding carboxylic acids is 3. The molecule has 0 spiro atoms. The van der Waals surface area contributed by atoms with Gasteiger partial charge in [0.05, 0.1) is 37.5 Å². The highest BCUT2D eigenvalue weighted by molar-refractivity contribution is 6.18. The molecule has 1 saturated heterocycles. The monoisotopic (exact) mass is 452 g/mol. The molecule has 1 heterocycles. The number of para-hydroxylation sites is 1. The van der Waals surface area contributed by atoms with E-state index in [4.69, 9.17) is 14.2 Å². The molecule has 0 bridgehead atoms. The molecule has 3 amide bonds. The second kappa shape index (κ2) is 9.72. The van der Waals surface area contributed by atoms with E-state index in [0.717, 1.165) is 0 Å². The molecular weight excluding hydrogens is 424 g/mol. The molecular formula is C25H28N2O6. The predicted octanol–water partition coefficient (Wildman–Crippen LogP) is 3.16. The molecule has 1 aliphatic heterocycles. The van der Waals surface area contributed by atoms with E-state index in [2.05, 4.69) is 0 Å². The summed E-state index contributed by atoms with van der Waals surface area (Å²) in [6.07, 6.45) is 0.266. The van der Waals surface area contributed by atoms with Gasteiger partial charge in [-0.25, -0.2) is 9.69 Å². The van der Waals surface area contributed by atoms with Crippen LogP contribution in [0.4, 0.5) is 10.5 Å². The van der Waals surface area contributed by atoms with E-state index in [9.17, 15) is 14.4 Å². The van der Waals surface area contributed by atoms with Gasteiger partial charge in [0, 0.05) is 25.8 Å². The number of hydrogen-bond donors (Lipinski definition) is 0. The molecule has 8 heteroatoms. The van der Waals surface area contributed by atoms with Crippen LogP contribution in [0.15, 0.2) is 54.6 Å². The number of nitrogens with zero attached hydrogens (tertiary/aromatic N) is 2. The van der Waals surface area contributed by atoms with Crippen molar-refractivity contribution in [1.82, 2.24) is 4.90 Å². The van der Waals surface area contributed by atoms with Gasteiger partial charge in [0.15, 0.2) is 5.78 Å². The normalized spacial score (nSPS) is 25.1. The van der Waals surface area contributed by atoms with E-state index in [0.29, 0.717) is 29.8 Å². The number of ether oxygens (including phenoxy) is 3. The summed E-state index contributed by atoms with van der Waals surface area (Å²) in [5, 5.41) is 0. The van der Waals surface area contributed by atoms with Crippen molar-refractivity contribution in [3.05, 3.63) is 60.2 Å². The Morgan fingerprint density at radius 2 is 1.55 bits per heavy atom. The number of fused-ring (bicyclic) bond motifs is 1. The molecule has 0 N–H and O–H groups in total. The Morgan fingerprint density at radius 1 is 0.909 bits per heavy atom. The van der Waals surface area contributed by atoms with Gasteiger partial charge in [-0.1, -0.05) is 18.2 Å². The molecule has 1 saturated carbocycles. The van der Waals surface area contributed by atoms with Crippen molar-refractivity contribution in [2.24, 2.45) is 5.92 Å². The minimum atomic E-state index is -0.500. The predicted molar refractivity (Wildman–Crippen MR) is 121 cm³/mol. The van der Waals surface area contributed by atoms with Crippen LogP contribution in [0.1, 0.15) is 23.2 Å². The van der Waals surface area contributed by atoms with Gasteiger partial charge >= 0.3 is 6.03 Å². The van der Waals surface area contributed by atoms with Crippen molar-refractivity contribution in [2.75, 3.05) is 32.8 Å². The lowest BCUT2D eigenvalue weighted by molar-refractivity contribution is -0.137. The Bertz CT molecular complexity index is 1010. The molecule has 2 fully saturated rings. The standard InChI is InChI=1S/C25H28N2O6/c1-31-18-11-9-16(10-12-18)21(28)15-26-20-14-23(33-3)22(32-2)13-19(20)24(29)27(25(26)30)17-7-5-4-6-8-17/h4-12,19-20,22-23H,13-15H2,1-3H3. The van der Waals surface area contributed by atoms with Crippen LogP contribution >= 0.6 is 0 Å². The number of carbonyl (C=O) groups is 3. The van der Waals surface area contributed by atoms with E-state index >= 15 is 0 Å². The van der Waals surface area contributed by atoms with Crippen LogP contribution in [0.5, 0.6) is 5.75 Å². The number of ketones is 1. The lowest BCUT2D eigenvalue weighted by Gasteiger charge is -2.49. The van der Waals surface area contributed by atoms with Gasteiger partial charge in [-0.15, -0.1) is 0 Å². The largest absolute Gasteiger partial charge is 0.497 e. The second-order valence-electron chi connectivity index (χ2n) is 8.26. The van der Waals surface area contributed by atoms with Gasteiger partial charge in [-0.3, -0.25) is 9.59 Å². The Kier molecular flexibility index (Phi) is 6.76. The van der Waals surface area contributed by atoms with Gasteiger partial charge in [-0.05, 0) is 49.2 Å². The van der Waals surface area contributed by atoms with Gasteiger partial charge < -0.3 is 19.1 Å². The topological polar surface area (TPSA) is 85.4 Å². The molecule has 0 radical (unpaired) electrons. The first-order valence-corrected chi connectivity index (χ1v) is 10.9. The number of rotatable bonds is 7. The molecule has 1 aliphatic carbocycles. The van der Waals surface area contributed by atoms with Crippen molar-refractivity contribution in [1.29, 1.82) is 0 Å². The summed E-state index contributed by atoms with van der Waals surface area (Å²) >= 11 is 0. The summed E-state index contributed by atoms with van der Waals surface area (Å²) in [5.41, 5.74) is 0.952. The van der Waals surface area contributed by atoms with E-state index in [-0.39, 0.29) is 30.4 Å². The van der Waals surface area contributed by atoms with Crippen LogP contribution < -0.4 is 9.64 Å². The fourth-order valence-corrected chi connectivity index (χ4v) is 4.77. The Balaban J connectivity index is 1.67. The second-order valence-corrected chi connectivity index (χ2v) is 8.26. The first kappa shape index (κ1) is 22.9. The summed E-state index contributed by atoms with van der Waals surface area (Å²) in [6.45, 7) is -0.142. The van der Waals surface area contributed by atoms with Crippen LogP contribution in [-0.2, 0) is 14.3 Å². The zero-order chi connectivity index (χ0) is 23.5. The number of urea groups is 1. The van der Waals surface area contributed by atoms with Gasteiger partial charge in [0.2, 0.25) is 5.91 Å². The summed E-state index contributed by atoms with van der Waals surface area (Å²) in [7, 11) is 4.74. The first-order valence-electron chi connectivity index (χ1n) is 10.9. The average Bonchev–Trinajstić information content (AvgIpc) is 2.86. The molecule has 33 heavy (non-hydrogen) atoms. The minimum absolute atomic E-state index is 0.142. The average molecular weight is 453 g/mol. The molecule has 0 aromatic heterocycles. The number of amides is 3. The quantitative estimate of drug-likeness (QED) is 0.600. The van der Waals surface area contributed by atoms with Crippen molar-refractivity contribution < 1.29 is 28.6 Å².